The van der Waals surface area contributed by atoms with Crippen LogP contribution in [0, 0.1) is 11.8 Å². The van der Waals surface area contributed by atoms with Crippen molar-refractivity contribution in [3.63, 3.8) is 0 Å². The standard InChI is InChI=1S/C14H27NO/c1-6-9-13(10-12(4)5)11-14(16)15(7-2)8-3/h6,9,12-13H,7-8,10-11H2,1-5H3. The van der Waals surface area contributed by atoms with E-state index in [1.807, 2.05) is 25.7 Å². The maximum absolute atomic E-state index is 12.0. The molecule has 0 aliphatic carbocycles. The molecule has 1 amide bonds. The summed E-state index contributed by atoms with van der Waals surface area (Å²) in [7, 11) is 0. The Bertz CT molecular complexity index is 217. The highest BCUT2D eigenvalue weighted by Crippen LogP contribution is 2.18. The van der Waals surface area contributed by atoms with Crippen LogP contribution in [-0.4, -0.2) is 23.9 Å². The lowest BCUT2D eigenvalue weighted by Gasteiger charge is -2.22. The van der Waals surface area contributed by atoms with Gasteiger partial charge in [0.2, 0.25) is 5.91 Å². The van der Waals surface area contributed by atoms with Gasteiger partial charge in [0.25, 0.3) is 0 Å². The molecule has 1 atom stereocenters. The van der Waals surface area contributed by atoms with Crippen LogP contribution in [0.3, 0.4) is 0 Å². The molecule has 1 unspecified atom stereocenters. The second-order valence-corrected chi connectivity index (χ2v) is 4.69. The molecule has 0 saturated heterocycles. The van der Waals surface area contributed by atoms with Crippen molar-refractivity contribution >= 4 is 5.91 Å². The second kappa shape index (κ2) is 8.37. The van der Waals surface area contributed by atoms with Gasteiger partial charge in [-0.2, -0.15) is 0 Å². The van der Waals surface area contributed by atoms with E-state index < -0.39 is 0 Å². The van der Waals surface area contributed by atoms with Crippen LogP contribution in [0.15, 0.2) is 12.2 Å². The zero-order valence-corrected chi connectivity index (χ0v) is 11.5. The number of nitrogens with zero attached hydrogens (tertiary/aromatic N) is 1. The van der Waals surface area contributed by atoms with E-state index in [1.165, 1.54) is 0 Å². The second-order valence-electron chi connectivity index (χ2n) is 4.69. The number of carbonyl (C=O) groups excluding carboxylic acids is 1. The van der Waals surface area contributed by atoms with Gasteiger partial charge in [-0.25, -0.2) is 0 Å². The zero-order chi connectivity index (χ0) is 12.6. The Kier molecular flexibility index (Phi) is 7.96. The van der Waals surface area contributed by atoms with Crippen LogP contribution >= 0.6 is 0 Å². The predicted octanol–water partition coefficient (Wildman–Crippen LogP) is 3.48. The minimum absolute atomic E-state index is 0.286. The molecule has 0 aromatic rings. The lowest BCUT2D eigenvalue weighted by atomic mass is 9.93. The summed E-state index contributed by atoms with van der Waals surface area (Å²) in [6, 6.07) is 0. The molecule has 0 aliphatic heterocycles. The van der Waals surface area contributed by atoms with Gasteiger partial charge in [-0.1, -0.05) is 26.0 Å². The van der Waals surface area contributed by atoms with E-state index >= 15 is 0 Å². The van der Waals surface area contributed by atoms with E-state index in [-0.39, 0.29) is 5.91 Å². The first-order valence-electron chi connectivity index (χ1n) is 6.45. The molecule has 0 radical (unpaired) electrons. The number of hydrogen-bond acceptors (Lipinski definition) is 1. The van der Waals surface area contributed by atoms with Gasteiger partial charge in [-0.3, -0.25) is 4.79 Å². The molecule has 0 aromatic carbocycles. The van der Waals surface area contributed by atoms with Gasteiger partial charge in [-0.15, -0.1) is 0 Å². The summed E-state index contributed by atoms with van der Waals surface area (Å²) in [4.78, 5) is 13.9. The number of carbonyl (C=O) groups is 1. The fourth-order valence-electron chi connectivity index (χ4n) is 2.04. The predicted molar refractivity (Wildman–Crippen MR) is 70.3 cm³/mol. The van der Waals surface area contributed by atoms with Crippen LogP contribution < -0.4 is 0 Å². The monoisotopic (exact) mass is 225 g/mol. The minimum atomic E-state index is 0.286. The van der Waals surface area contributed by atoms with Gasteiger partial charge in [0.15, 0.2) is 0 Å². The number of allylic oxidation sites excluding steroid dienone is 2. The summed E-state index contributed by atoms with van der Waals surface area (Å²) in [5.74, 6) is 1.33. The van der Waals surface area contributed by atoms with Gasteiger partial charge < -0.3 is 4.90 Å². The van der Waals surface area contributed by atoms with Gasteiger partial charge in [0.1, 0.15) is 0 Å². The molecule has 0 bridgehead atoms. The third-order valence-corrected chi connectivity index (χ3v) is 2.79. The maximum atomic E-state index is 12.0. The van der Waals surface area contributed by atoms with Crippen LogP contribution in [0.1, 0.15) is 47.5 Å². The van der Waals surface area contributed by atoms with Crippen molar-refractivity contribution in [2.75, 3.05) is 13.1 Å². The molecule has 0 heterocycles. The molecule has 2 nitrogen and oxygen atoms in total. The Balaban J connectivity index is 4.32. The largest absolute Gasteiger partial charge is 0.343 e. The molecule has 0 aliphatic rings. The van der Waals surface area contributed by atoms with Crippen LogP contribution in [-0.2, 0) is 4.79 Å². The lowest BCUT2D eigenvalue weighted by molar-refractivity contribution is -0.131. The summed E-state index contributed by atoms with van der Waals surface area (Å²) < 4.78 is 0. The third-order valence-electron chi connectivity index (χ3n) is 2.79. The van der Waals surface area contributed by atoms with Crippen LogP contribution in [0.5, 0.6) is 0 Å². The number of hydrogen-bond donors (Lipinski definition) is 0. The first-order chi connectivity index (χ1) is 7.54. The Morgan fingerprint density at radius 1 is 1.25 bits per heavy atom. The molecule has 0 saturated carbocycles. The highest BCUT2D eigenvalue weighted by molar-refractivity contribution is 5.76. The summed E-state index contributed by atoms with van der Waals surface area (Å²) >= 11 is 0. The van der Waals surface area contributed by atoms with Crippen LogP contribution in [0.2, 0.25) is 0 Å². The summed E-state index contributed by atoms with van der Waals surface area (Å²) in [5, 5.41) is 0. The molecule has 0 spiro atoms. The van der Waals surface area contributed by atoms with E-state index in [4.69, 9.17) is 0 Å². The number of rotatable bonds is 7. The smallest absolute Gasteiger partial charge is 0.223 e. The van der Waals surface area contributed by atoms with Gasteiger partial charge >= 0.3 is 0 Å². The molecule has 2 heteroatoms. The Morgan fingerprint density at radius 2 is 1.81 bits per heavy atom. The van der Waals surface area contributed by atoms with Crippen molar-refractivity contribution in [3.8, 4) is 0 Å². The fourth-order valence-corrected chi connectivity index (χ4v) is 2.04. The zero-order valence-electron chi connectivity index (χ0n) is 11.5. The van der Waals surface area contributed by atoms with E-state index in [1.54, 1.807) is 0 Å². The quantitative estimate of drug-likeness (QED) is 0.607. The van der Waals surface area contributed by atoms with E-state index in [9.17, 15) is 4.79 Å². The molecule has 0 N–H and O–H groups in total. The van der Waals surface area contributed by atoms with Gasteiger partial charge in [-0.05, 0) is 39.0 Å². The molecule has 0 fully saturated rings. The third kappa shape index (κ3) is 5.94. The van der Waals surface area contributed by atoms with Crippen molar-refractivity contribution in [1.29, 1.82) is 0 Å². The first-order valence-corrected chi connectivity index (χ1v) is 6.45. The van der Waals surface area contributed by atoms with Crippen molar-refractivity contribution in [2.45, 2.75) is 47.5 Å². The molecule has 16 heavy (non-hydrogen) atoms. The molecule has 0 aromatic heterocycles. The first kappa shape index (κ1) is 15.2. The highest BCUT2D eigenvalue weighted by Gasteiger charge is 2.16. The molecule has 94 valence electrons. The fraction of sp³-hybridized carbons (Fsp3) is 0.786. The molecular weight excluding hydrogens is 198 g/mol. The topological polar surface area (TPSA) is 20.3 Å². The van der Waals surface area contributed by atoms with Crippen LogP contribution in [0.25, 0.3) is 0 Å². The van der Waals surface area contributed by atoms with E-state index in [2.05, 4.69) is 26.0 Å². The minimum Gasteiger partial charge on any atom is -0.343 e. The summed E-state index contributed by atoms with van der Waals surface area (Å²) in [6.07, 6.45) is 5.98. The van der Waals surface area contributed by atoms with Gasteiger partial charge in [0.05, 0.1) is 0 Å². The molecule has 0 rings (SSSR count). The maximum Gasteiger partial charge on any atom is 0.223 e. The SMILES string of the molecule is CC=CC(CC(=O)N(CC)CC)CC(C)C. The Hall–Kier alpha value is -0.790. The Labute approximate surface area is 101 Å². The van der Waals surface area contributed by atoms with Crippen molar-refractivity contribution < 1.29 is 4.79 Å². The van der Waals surface area contributed by atoms with E-state index in [0.717, 1.165) is 19.5 Å². The summed E-state index contributed by atoms with van der Waals surface area (Å²) in [5.41, 5.74) is 0. The van der Waals surface area contributed by atoms with Crippen molar-refractivity contribution in [2.24, 2.45) is 11.8 Å². The Morgan fingerprint density at radius 3 is 2.19 bits per heavy atom. The van der Waals surface area contributed by atoms with Crippen molar-refractivity contribution in [1.82, 2.24) is 4.90 Å². The number of amides is 1. The van der Waals surface area contributed by atoms with E-state index in [0.29, 0.717) is 18.3 Å². The summed E-state index contributed by atoms with van der Waals surface area (Å²) in [6.45, 7) is 12.1. The highest BCUT2D eigenvalue weighted by atomic mass is 16.2. The average molecular weight is 225 g/mol. The van der Waals surface area contributed by atoms with Gasteiger partial charge in [0, 0.05) is 19.5 Å². The normalized spacial score (nSPS) is 13.4. The lowest BCUT2D eigenvalue weighted by Crippen LogP contribution is -2.31. The molecular formula is C14H27NO. The van der Waals surface area contributed by atoms with Crippen molar-refractivity contribution in [3.05, 3.63) is 12.2 Å². The average Bonchev–Trinajstić information content (AvgIpc) is 2.18. The van der Waals surface area contributed by atoms with Crippen LogP contribution in [0.4, 0.5) is 0 Å².